The molecule has 0 bridgehead atoms. The van der Waals surface area contributed by atoms with Crippen LogP contribution in [0, 0.1) is 0 Å². The van der Waals surface area contributed by atoms with Crippen LogP contribution in [0.15, 0.2) is 73.2 Å². The highest BCUT2D eigenvalue weighted by Gasteiger charge is 2.12. The van der Waals surface area contributed by atoms with Crippen LogP contribution in [0.25, 0.3) is 5.52 Å². The second-order valence-electron chi connectivity index (χ2n) is 6.23. The minimum absolute atomic E-state index is 0.143. The molecule has 0 aliphatic rings. The van der Waals surface area contributed by atoms with Crippen LogP contribution in [-0.2, 0) is 11.3 Å². The lowest BCUT2D eigenvalue weighted by atomic mass is 10.2. The first-order valence-electron chi connectivity index (χ1n) is 8.76. The molecule has 0 aliphatic carbocycles. The van der Waals surface area contributed by atoms with E-state index in [1.165, 1.54) is 0 Å². The Morgan fingerprint density at radius 1 is 1.00 bits per heavy atom. The first-order valence-corrected chi connectivity index (χ1v) is 8.76. The molecule has 0 spiro atoms. The molecule has 0 atom stereocenters. The van der Waals surface area contributed by atoms with Crippen molar-refractivity contribution in [1.29, 1.82) is 0 Å². The van der Waals surface area contributed by atoms with Crippen molar-refractivity contribution in [2.45, 2.75) is 6.54 Å². The van der Waals surface area contributed by atoms with Gasteiger partial charge in [-0.3, -0.25) is 14.3 Å². The Morgan fingerprint density at radius 3 is 2.75 bits per heavy atom. The van der Waals surface area contributed by atoms with Crippen LogP contribution >= 0.6 is 0 Å². The molecule has 8 heteroatoms. The number of nitrogens with zero attached hydrogens (tertiary/aromatic N) is 4. The molecule has 0 saturated heterocycles. The number of benzene rings is 1. The summed E-state index contributed by atoms with van der Waals surface area (Å²) in [4.78, 5) is 24.4. The Morgan fingerprint density at radius 2 is 1.93 bits per heavy atom. The van der Waals surface area contributed by atoms with Crippen LogP contribution in [0.3, 0.4) is 0 Å². The number of hydrogen-bond donors (Lipinski definition) is 2. The van der Waals surface area contributed by atoms with E-state index in [0.717, 1.165) is 11.1 Å². The standard InChI is InChI=1S/C20H18N6O2/c27-19(13-21-20(28)18-12-17-7-1-2-10-26(17)24-18)23-16-6-3-5-15(11-16)14-25-9-4-8-22-25/h1-12H,13-14H2,(H,21,28)(H,23,27). The van der Waals surface area contributed by atoms with E-state index in [1.54, 1.807) is 33.7 Å². The molecule has 8 nitrogen and oxygen atoms in total. The number of anilines is 1. The maximum atomic E-state index is 12.2. The lowest BCUT2D eigenvalue weighted by Gasteiger charge is -2.08. The van der Waals surface area contributed by atoms with E-state index in [0.29, 0.717) is 12.2 Å². The number of rotatable bonds is 6. The highest BCUT2D eigenvalue weighted by molar-refractivity contribution is 5.98. The summed E-state index contributed by atoms with van der Waals surface area (Å²) in [6, 6.07) is 16.6. The van der Waals surface area contributed by atoms with Gasteiger partial charge in [0.2, 0.25) is 5.91 Å². The largest absolute Gasteiger partial charge is 0.342 e. The van der Waals surface area contributed by atoms with Crippen LogP contribution in [-0.4, -0.2) is 37.8 Å². The van der Waals surface area contributed by atoms with Gasteiger partial charge in [-0.15, -0.1) is 0 Å². The summed E-state index contributed by atoms with van der Waals surface area (Å²) in [7, 11) is 0. The van der Waals surface area contributed by atoms with Gasteiger partial charge in [-0.1, -0.05) is 18.2 Å². The molecule has 2 amide bonds. The number of pyridine rings is 1. The highest BCUT2D eigenvalue weighted by atomic mass is 16.2. The van der Waals surface area contributed by atoms with E-state index in [2.05, 4.69) is 20.8 Å². The van der Waals surface area contributed by atoms with Crippen molar-refractivity contribution in [2.24, 2.45) is 0 Å². The number of fused-ring (bicyclic) bond motifs is 1. The van der Waals surface area contributed by atoms with E-state index in [4.69, 9.17) is 0 Å². The molecule has 0 radical (unpaired) electrons. The third-order valence-corrected chi connectivity index (χ3v) is 4.13. The first-order chi connectivity index (χ1) is 13.7. The van der Waals surface area contributed by atoms with Crippen molar-refractivity contribution < 1.29 is 9.59 Å². The van der Waals surface area contributed by atoms with E-state index in [1.807, 2.05) is 48.7 Å². The van der Waals surface area contributed by atoms with Crippen LogP contribution in [0.4, 0.5) is 5.69 Å². The lowest BCUT2D eigenvalue weighted by molar-refractivity contribution is -0.115. The van der Waals surface area contributed by atoms with Crippen LogP contribution in [0.5, 0.6) is 0 Å². The second-order valence-corrected chi connectivity index (χ2v) is 6.23. The monoisotopic (exact) mass is 374 g/mol. The Labute approximate surface area is 160 Å². The number of carbonyl (C=O) groups excluding carboxylic acids is 2. The fourth-order valence-electron chi connectivity index (χ4n) is 2.83. The third-order valence-electron chi connectivity index (χ3n) is 4.13. The Hall–Kier alpha value is -3.94. The lowest BCUT2D eigenvalue weighted by Crippen LogP contribution is -2.33. The average molecular weight is 374 g/mol. The molecular weight excluding hydrogens is 356 g/mol. The van der Waals surface area contributed by atoms with Gasteiger partial charge < -0.3 is 10.6 Å². The molecule has 28 heavy (non-hydrogen) atoms. The minimum Gasteiger partial charge on any atom is -0.342 e. The molecule has 0 saturated carbocycles. The van der Waals surface area contributed by atoms with E-state index in [9.17, 15) is 9.59 Å². The van der Waals surface area contributed by atoms with Gasteiger partial charge in [0.1, 0.15) is 0 Å². The molecule has 0 aliphatic heterocycles. The average Bonchev–Trinajstić information content (AvgIpc) is 3.36. The molecular formula is C20H18N6O2. The van der Waals surface area contributed by atoms with Gasteiger partial charge >= 0.3 is 0 Å². The van der Waals surface area contributed by atoms with Crippen molar-refractivity contribution >= 4 is 23.0 Å². The number of amides is 2. The number of nitrogens with one attached hydrogen (secondary N) is 2. The van der Waals surface area contributed by atoms with Gasteiger partial charge in [-0.05, 0) is 42.0 Å². The summed E-state index contributed by atoms with van der Waals surface area (Å²) >= 11 is 0. The fourth-order valence-corrected chi connectivity index (χ4v) is 2.83. The van der Waals surface area contributed by atoms with Crippen molar-refractivity contribution in [3.63, 3.8) is 0 Å². The van der Waals surface area contributed by atoms with E-state index in [-0.39, 0.29) is 18.1 Å². The highest BCUT2D eigenvalue weighted by Crippen LogP contribution is 2.11. The Bertz CT molecular complexity index is 1080. The molecule has 3 aromatic heterocycles. The Balaban J connectivity index is 1.33. The zero-order chi connectivity index (χ0) is 19.3. The van der Waals surface area contributed by atoms with Gasteiger partial charge in [0.25, 0.3) is 5.91 Å². The summed E-state index contributed by atoms with van der Waals surface area (Å²) < 4.78 is 3.41. The maximum absolute atomic E-state index is 12.2. The summed E-state index contributed by atoms with van der Waals surface area (Å²) in [6.07, 6.45) is 5.35. The van der Waals surface area contributed by atoms with Gasteiger partial charge in [0.05, 0.1) is 18.6 Å². The van der Waals surface area contributed by atoms with Crippen molar-refractivity contribution in [2.75, 3.05) is 11.9 Å². The van der Waals surface area contributed by atoms with E-state index < -0.39 is 5.91 Å². The minimum atomic E-state index is -0.397. The first kappa shape index (κ1) is 17.5. The molecule has 4 aromatic rings. The number of carbonyl (C=O) groups is 2. The smallest absolute Gasteiger partial charge is 0.272 e. The van der Waals surface area contributed by atoms with E-state index >= 15 is 0 Å². The predicted octanol–water partition coefficient (Wildman–Crippen LogP) is 1.95. The zero-order valence-corrected chi connectivity index (χ0v) is 14.9. The number of hydrogen-bond acceptors (Lipinski definition) is 4. The quantitative estimate of drug-likeness (QED) is 0.539. The second kappa shape index (κ2) is 7.75. The van der Waals surface area contributed by atoms with Gasteiger partial charge in [0, 0.05) is 24.3 Å². The fraction of sp³-hybridized carbons (Fsp3) is 0.100. The van der Waals surface area contributed by atoms with Crippen LogP contribution < -0.4 is 10.6 Å². The van der Waals surface area contributed by atoms with Crippen molar-refractivity contribution in [3.8, 4) is 0 Å². The molecule has 0 unspecified atom stereocenters. The molecule has 140 valence electrons. The molecule has 0 fully saturated rings. The molecule has 1 aromatic carbocycles. The van der Waals surface area contributed by atoms with Gasteiger partial charge in [0.15, 0.2) is 5.69 Å². The SMILES string of the molecule is O=C(CNC(=O)c1cc2ccccn2n1)Nc1cccc(Cn2cccn2)c1. The van der Waals surface area contributed by atoms with Crippen LogP contribution in [0.1, 0.15) is 16.1 Å². The van der Waals surface area contributed by atoms with Crippen molar-refractivity contribution in [3.05, 3.63) is 84.4 Å². The summed E-state index contributed by atoms with van der Waals surface area (Å²) in [5, 5.41) is 13.7. The van der Waals surface area contributed by atoms with Crippen molar-refractivity contribution in [1.82, 2.24) is 24.7 Å². The van der Waals surface area contributed by atoms with Gasteiger partial charge in [-0.25, -0.2) is 4.52 Å². The third kappa shape index (κ3) is 4.07. The zero-order valence-electron chi connectivity index (χ0n) is 14.9. The topological polar surface area (TPSA) is 93.3 Å². The molecule has 3 heterocycles. The maximum Gasteiger partial charge on any atom is 0.272 e. The Kier molecular flexibility index (Phi) is 4.83. The normalized spacial score (nSPS) is 10.7. The molecule has 4 rings (SSSR count). The number of aromatic nitrogens is 4. The molecule has 2 N–H and O–H groups in total. The summed E-state index contributed by atoms with van der Waals surface area (Å²) in [5.41, 5.74) is 2.75. The van der Waals surface area contributed by atoms with Gasteiger partial charge in [-0.2, -0.15) is 10.2 Å². The van der Waals surface area contributed by atoms with Crippen LogP contribution in [0.2, 0.25) is 0 Å². The summed E-state index contributed by atoms with van der Waals surface area (Å²) in [6.45, 7) is 0.470. The summed E-state index contributed by atoms with van der Waals surface area (Å²) in [5.74, 6) is -0.709. The predicted molar refractivity (Wildman–Crippen MR) is 104 cm³/mol.